The summed E-state index contributed by atoms with van der Waals surface area (Å²) in [5.74, 6) is 0.520. The van der Waals surface area contributed by atoms with Crippen LogP contribution < -0.4 is 10.5 Å². The van der Waals surface area contributed by atoms with Crippen LogP contribution in [0.3, 0.4) is 0 Å². The number of aryl methyl sites for hydroxylation is 1. The Morgan fingerprint density at radius 3 is 2.73 bits per heavy atom. The number of hydrogen-bond donors (Lipinski definition) is 0. The van der Waals surface area contributed by atoms with Gasteiger partial charge in [-0.15, -0.1) is 0 Å². The van der Waals surface area contributed by atoms with Crippen molar-refractivity contribution in [3.8, 4) is 0 Å². The molecular weight excluding hydrogens is 381 g/mol. The minimum Gasteiger partial charge on any atom is -0.464 e. The van der Waals surface area contributed by atoms with Crippen LogP contribution >= 0.6 is 0 Å². The average molecular weight is 407 g/mol. The van der Waals surface area contributed by atoms with Gasteiger partial charge in [0.1, 0.15) is 11.4 Å². The number of piperidine rings is 1. The monoisotopic (exact) mass is 407 g/mol. The lowest BCUT2D eigenvalue weighted by Gasteiger charge is -2.34. The van der Waals surface area contributed by atoms with Crippen molar-refractivity contribution in [3.63, 3.8) is 0 Å². The van der Waals surface area contributed by atoms with Crippen LogP contribution in [0.4, 0.5) is 15.8 Å². The van der Waals surface area contributed by atoms with E-state index < -0.39 is 0 Å². The summed E-state index contributed by atoms with van der Waals surface area (Å²) >= 11 is 0. The zero-order valence-corrected chi connectivity index (χ0v) is 17.4. The first-order chi connectivity index (χ1) is 14.5. The first-order valence-electron chi connectivity index (χ1n) is 10.5. The Kier molecular flexibility index (Phi) is 5.63. The van der Waals surface area contributed by atoms with Crippen molar-refractivity contribution in [2.45, 2.75) is 45.6 Å². The van der Waals surface area contributed by atoms with Crippen LogP contribution in [-0.2, 0) is 6.54 Å². The molecule has 2 aromatic heterocycles. The average Bonchev–Trinajstić information content (AvgIpc) is 3.15. The van der Waals surface area contributed by atoms with Crippen molar-refractivity contribution in [2.75, 3.05) is 18.0 Å². The molecule has 3 heterocycles. The van der Waals surface area contributed by atoms with E-state index in [2.05, 4.69) is 23.6 Å². The molecule has 0 N–H and O–H groups in total. The third kappa shape index (κ3) is 3.85. The second-order valence-electron chi connectivity index (χ2n) is 8.44. The summed E-state index contributed by atoms with van der Waals surface area (Å²) in [6, 6.07) is 6.58. The molecule has 5 nitrogen and oxygen atoms in total. The minimum atomic E-state index is -0.298. The second-order valence-corrected chi connectivity index (χ2v) is 8.44. The number of pyridine rings is 1. The molecule has 0 saturated carbocycles. The van der Waals surface area contributed by atoms with E-state index in [0.717, 1.165) is 49.0 Å². The molecule has 0 aliphatic carbocycles. The molecule has 6 heteroatoms. The highest BCUT2D eigenvalue weighted by Gasteiger charge is 2.26. The normalized spacial score (nSPS) is 15.1. The number of aromatic nitrogens is 1. The molecule has 30 heavy (non-hydrogen) atoms. The molecule has 0 atom stereocenters. The Hall–Kier alpha value is -3.07. The maximum Gasteiger partial charge on any atom is 0.273 e. The maximum absolute atomic E-state index is 13.4. The van der Waals surface area contributed by atoms with Crippen LogP contribution in [0.2, 0.25) is 0 Å². The number of furan rings is 1. The Morgan fingerprint density at radius 1 is 1.27 bits per heavy atom. The van der Waals surface area contributed by atoms with Crippen molar-refractivity contribution >= 4 is 22.3 Å². The van der Waals surface area contributed by atoms with Crippen molar-refractivity contribution in [3.05, 3.63) is 69.9 Å². The van der Waals surface area contributed by atoms with Crippen LogP contribution in [-0.4, -0.2) is 17.7 Å². The molecule has 3 aromatic rings. The molecule has 0 radical (unpaired) electrons. The number of anilines is 1. The standard InChI is InChI=1S/C24H26FN3O2/c1-16(2)6-10-28-13-9-21(23(26-3)24(28)29)27-11-7-17(8-12-27)20-15-30-22-14-18(25)4-5-19(20)22/h4-5,9,13-17H,6-8,10-12H2,1-2H3. The number of benzene rings is 1. The van der Waals surface area contributed by atoms with Gasteiger partial charge in [0.25, 0.3) is 11.2 Å². The first-order valence-corrected chi connectivity index (χ1v) is 10.5. The lowest BCUT2D eigenvalue weighted by molar-refractivity contribution is 0.496. The first kappa shape index (κ1) is 20.2. The molecule has 1 aliphatic heterocycles. The fourth-order valence-electron chi connectivity index (χ4n) is 4.26. The lowest BCUT2D eigenvalue weighted by atomic mass is 9.89. The summed E-state index contributed by atoms with van der Waals surface area (Å²) in [5, 5.41) is 0.962. The van der Waals surface area contributed by atoms with E-state index in [1.165, 1.54) is 12.1 Å². The summed E-state index contributed by atoms with van der Waals surface area (Å²) in [6.07, 6.45) is 6.24. The molecule has 0 bridgehead atoms. The van der Waals surface area contributed by atoms with Crippen LogP contribution in [0.15, 0.2) is 45.9 Å². The predicted octanol–water partition coefficient (Wildman–Crippen LogP) is 5.71. The van der Waals surface area contributed by atoms with Gasteiger partial charge in [0.2, 0.25) is 0 Å². The molecular formula is C24H26FN3O2. The zero-order chi connectivity index (χ0) is 21.3. The Labute approximate surface area is 175 Å². The van der Waals surface area contributed by atoms with Gasteiger partial charge in [0, 0.05) is 48.5 Å². The Balaban J connectivity index is 1.52. The van der Waals surface area contributed by atoms with Crippen LogP contribution in [0, 0.1) is 18.3 Å². The van der Waals surface area contributed by atoms with E-state index in [1.54, 1.807) is 16.9 Å². The number of nitrogens with zero attached hydrogens (tertiary/aromatic N) is 3. The van der Waals surface area contributed by atoms with E-state index >= 15 is 0 Å². The smallest absolute Gasteiger partial charge is 0.273 e. The van der Waals surface area contributed by atoms with Gasteiger partial charge in [0.15, 0.2) is 0 Å². The summed E-state index contributed by atoms with van der Waals surface area (Å²) in [6.45, 7) is 14.0. The fraction of sp³-hybridized carbons (Fsp3) is 0.417. The van der Waals surface area contributed by atoms with Gasteiger partial charge < -0.3 is 13.9 Å². The third-order valence-electron chi connectivity index (χ3n) is 6.02. The number of hydrogen-bond acceptors (Lipinski definition) is 3. The molecule has 156 valence electrons. The summed E-state index contributed by atoms with van der Waals surface area (Å²) in [4.78, 5) is 18.5. The van der Waals surface area contributed by atoms with Gasteiger partial charge in [-0.25, -0.2) is 9.24 Å². The van der Waals surface area contributed by atoms with E-state index in [-0.39, 0.29) is 17.1 Å². The van der Waals surface area contributed by atoms with E-state index in [0.29, 0.717) is 24.0 Å². The molecule has 0 unspecified atom stereocenters. The summed E-state index contributed by atoms with van der Waals surface area (Å²) < 4.78 is 20.6. The van der Waals surface area contributed by atoms with Gasteiger partial charge in [-0.3, -0.25) is 4.79 Å². The van der Waals surface area contributed by atoms with E-state index in [1.807, 2.05) is 12.3 Å². The van der Waals surface area contributed by atoms with Crippen molar-refractivity contribution in [2.24, 2.45) is 5.92 Å². The van der Waals surface area contributed by atoms with Gasteiger partial charge in [0.05, 0.1) is 12.8 Å². The van der Waals surface area contributed by atoms with Crippen LogP contribution in [0.25, 0.3) is 15.8 Å². The SMILES string of the molecule is [C-]#[N+]c1c(N2CCC(c3coc4cc(F)ccc34)CC2)ccn(CCC(C)C)c1=O. The predicted molar refractivity (Wildman–Crippen MR) is 117 cm³/mol. The van der Waals surface area contributed by atoms with Crippen molar-refractivity contribution in [1.82, 2.24) is 4.57 Å². The molecule has 1 saturated heterocycles. The van der Waals surface area contributed by atoms with Crippen LogP contribution in [0.5, 0.6) is 0 Å². The summed E-state index contributed by atoms with van der Waals surface area (Å²) in [7, 11) is 0. The molecule has 4 rings (SSSR count). The van der Waals surface area contributed by atoms with Gasteiger partial charge in [-0.2, -0.15) is 0 Å². The van der Waals surface area contributed by atoms with Gasteiger partial charge in [-0.1, -0.05) is 13.8 Å². The molecule has 0 amide bonds. The number of halogens is 1. The second kappa shape index (κ2) is 8.35. The molecule has 1 fully saturated rings. The van der Waals surface area contributed by atoms with Crippen LogP contribution in [0.1, 0.15) is 44.6 Å². The van der Waals surface area contributed by atoms with Crippen molar-refractivity contribution in [1.29, 1.82) is 0 Å². The Morgan fingerprint density at radius 2 is 2.03 bits per heavy atom. The highest BCUT2D eigenvalue weighted by atomic mass is 19.1. The van der Waals surface area contributed by atoms with E-state index in [4.69, 9.17) is 11.0 Å². The third-order valence-corrected chi connectivity index (χ3v) is 6.02. The van der Waals surface area contributed by atoms with Gasteiger partial charge >= 0.3 is 0 Å². The molecule has 0 spiro atoms. The zero-order valence-electron chi connectivity index (χ0n) is 17.4. The maximum atomic E-state index is 13.4. The molecule has 1 aromatic carbocycles. The highest BCUT2D eigenvalue weighted by Crippen LogP contribution is 2.37. The van der Waals surface area contributed by atoms with Crippen molar-refractivity contribution < 1.29 is 8.81 Å². The van der Waals surface area contributed by atoms with E-state index in [9.17, 15) is 9.18 Å². The van der Waals surface area contributed by atoms with Gasteiger partial charge in [-0.05, 0) is 49.3 Å². The highest BCUT2D eigenvalue weighted by molar-refractivity contribution is 5.81. The molecule has 1 aliphatic rings. The number of fused-ring (bicyclic) bond motifs is 1. The fourth-order valence-corrected chi connectivity index (χ4v) is 4.26. The largest absolute Gasteiger partial charge is 0.464 e. The minimum absolute atomic E-state index is 0.201. The topological polar surface area (TPSA) is 42.7 Å². The quantitative estimate of drug-likeness (QED) is 0.509. The Bertz CT molecular complexity index is 1150. The lowest BCUT2D eigenvalue weighted by Crippen LogP contribution is -2.34. The number of rotatable bonds is 5. The summed E-state index contributed by atoms with van der Waals surface area (Å²) in [5.41, 5.74) is 2.43.